The lowest BCUT2D eigenvalue weighted by atomic mass is 10.0. The van der Waals surface area contributed by atoms with Crippen LogP contribution in [0.3, 0.4) is 0 Å². The maximum atomic E-state index is 12.1. The first kappa shape index (κ1) is 16.5. The molecule has 2 saturated heterocycles. The molecule has 1 amide bonds. The van der Waals surface area contributed by atoms with Crippen LogP contribution in [0.25, 0.3) is 0 Å². The summed E-state index contributed by atoms with van der Waals surface area (Å²) in [4.78, 5) is 16.2. The molecule has 0 radical (unpaired) electrons. The zero-order chi connectivity index (χ0) is 15.5. The molecule has 122 valence electrons. The fourth-order valence-corrected chi connectivity index (χ4v) is 3.52. The number of halogens is 3. The van der Waals surface area contributed by atoms with Crippen LogP contribution in [0.1, 0.15) is 32.6 Å². The lowest BCUT2D eigenvalue weighted by Crippen LogP contribution is -2.49. The van der Waals surface area contributed by atoms with Crippen LogP contribution in [0, 0.1) is 0 Å². The first-order valence-corrected chi connectivity index (χ1v) is 7.60. The first-order valence-electron chi connectivity index (χ1n) is 7.60. The Morgan fingerprint density at radius 3 is 2.52 bits per heavy atom. The van der Waals surface area contributed by atoms with Crippen molar-refractivity contribution >= 4 is 5.91 Å². The van der Waals surface area contributed by atoms with Crippen molar-refractivity contribution in [1.82, 2.24) is 9.80 Å². The van der Waals surface area contributed by atoms with Gasteiger partial charge in [0.1, 0.15) is 13.2 Å². The number of amides is 1. The number of likely N-dealkylation sites (tertiary alicyclic amines) is 2. The molecule has 0 spiro atoms. The Hall–Kier alpha value is -0.820. The van der Waals surface area contributed by atoms with Crippen LogP contribution in [-0.4, -0.2) is 66.8 Å². The highest BCUT2D eigenvalue weighted by Gasteiger charge is 2.39. The number of ether oxygens (including phenoxy) is 1. The standard InChI is InChI=1S/C14H23F3N2O2/c1-2-18-7-3-5-11(18)12-6-4-8-19(12)13(20)9-21-10-14(15,16)17/h11-12H,2-10H2,1H3. The van der Waals surface area contributed by atoms with Crippen molar-refractivity contribution in [3.05, 3.63) is 0 Å². The molecule has 2 atom stereocenters. The van der Waals surface area contributed by atoms with Crippen LogP contribution in [0.4, 0.5) is 13.2 Å². The zero-order valence-electron chi connectivity index (χ0n) is 12.4. The molecule has 0 saturated carbocycles. The Labute approximate surface area is 123 Å². The normalized spacial score (nSPS) is 27.5. The van der Waals surface area contributed by atoms with E-state index in [1.807, 2.05) is 0 Å². The molecule has 2 heterocycles. The van der Waals surface area contributed by atoms with Gasteiger partial charge in [-0.2, -0.15) is 13.2 Å². The van der Waals surface area contributed by atoms with E-state index in [1.165, 1.54) is 0 Å². The number of alkyl halides is 3. The Kier molecular flexibility index (Phi) is 5.48. The van der Waals surface area contributed by atoms with Gasteiger partial charge in [-0.15, -0.1) is 0 Å². The minimum Gasteiger partial charge on any atom is -0.362 e. The van der Waals surface area contributed by atoms with E-state index in [-0.39, 0.29) is 11.9 Å². The van der Waals surface area contributed by atoms with Crippen LogP contribution in [0.15, 0.2) is 0 Å². The van der Waals surface area contributed by atoms with E-state index in [0.717, 1.165) is 38.8 Å². The van der Waals surface area contributed by atoms with Gasteiger partial charge < -0.3 is 9.64 Å². The molecule has 0 aromatic rings. The number of nitrogens with zero attached hydrogens (tertiary/aromatic N) is 2. The molecule has 2 fully saturated rings. The Morgan fingerprint density at radius 1 is 1.19 bits per heavy atom. The topological polar surface area (TPSA) is 32.8 Å². The summed E-state index contributed by atoms with van der Waals surface area (Å²) in [5.74, 6) is -0.315. The molecule has 2 aliphatic heterocycles. The quantitative estimate of drug-likeness (QED) is 0.779. The Balaban J connectivity index is 1.87. The molecule has 4 nitrogen and oxygen atoms in total. The number of rotatable bonds is 5. The van der Waals surface area contributed by atoms with Gasteiger partial charge in [0.25, 0.3) is 0 Å². The molecular formula is C14H23F3N2O2. The van der Waals surface area contributed by atoms with Crippen LogP contribution in [-0.2, 0) is 9.53 Å². The minimum atomic E-state index is -4.38. The first-order chi connectivity index (χ1) is 9.92. The van der Waals surface area contributed by atoms with E-state index < -0.39 is 19.4 Å². The highest BCUT2D eigenvalue weighted by atomic mass is 19.4. The molecule has 0 aliphatic carbocycles. The smallest absolute Gasteiger partial charge is 0.362 e. The maximum Gasteiger partial charge on any atom is 0.411 e. The van der Waals surface area contributed by atoms with Crippen LogP contribution < -0.4 is 0 Å². The minimum absolute atomic E-state index is 0.134. The van der Waals surface area contributed by atoms with Gasteiger partial charge in [0.2, 0.25) is 5.91 Å². The predicted octanol–water partition coefficient (Wildman–Crippen LogP) is 2.04. The van der Waals surface area contributed by atoms with Gasteiger partial charge in [0.05, 0.1) is 0 Å². The van der Waals surface area contributed by atoms with Gasteiger partial charge in [-0.25, -0.2) is 0 Å². The molecular weight excluding hydrogens is 285 g/mol. The van der Waals surface area contributed by atoms with Crippen molar-refractivity contribution in [2.45, 2.75) is 50.9 Å². The highest BCUT2D eigenvalue weighted by Crippen LogP contribution is 2.29. The lowest BCUT2D eigenvalue weighted by molar-refractivity contribution is -0.178. The SMILES string of the molecule is CCN1CCCC1C1CCCN1C(=O)COCC(F)(F)F. The summed E-state index contributed by atoms with van der Waals surface area (Å²) in [5.41, 5.74) is 0. The highest BCUT2D eigenvalue weighted by molar-refractivity contribution is 5.78. The van der Waals surface area contributed by atoms with Crippen LogP contribution in [0.2, 0.25) is 0 Å². The molecule has 0 aromatic carbocycles. The summed E-state index contributed by atoms with van der Waals surface area (Å²) in [6.07, 6.45) is -0.335. The average molecular weight is 308 g/mol. The van der Waals surface area contributed by atoms with Crippen molar-refractivity contribution in [1.29, 1.82) is 0 Å². The largest absolute Gasteiger partial charge is 0.411 e. The van der Waals surface area contributed by atoms with Gasteiger partial charge in [-0.3, -0.25) is 9.69 Å². The summed E-state index contributed by atoms with van der Waals surface area (Å²) < 4.78 is 40.6. The third-order valence-corrected chi connectivity index (χ3v) is 4.38. The zero-order valence-corrected chi connectivity index (χ0v) is 12.4. The van der Waals surface area contributed by atoms with Crippen molar-refractivity contribution in [3.8, 4) is 0 Å². The Bertz CT molecular complexity index is 363. The molecule has 21 heavy (non-hydrogen) atoms. The molecule has 2 aliphatic rings. The van der Waals surface area contributed by atoms with Crippen molar-refractivity contribution in [2.24, 2.45) is 0 Å². The van der Waals surface area contributed by atoms with Crippen molar-refractivity contribution < 1.29 is 22.7 Å². The van der Waals surface area contributed by atoms with E-state index >= 15 is 0 Å². The van der Waals surface area contributed by atoms with Crippen LogP contribution in [0.5, 0.6) is 0 Å². The summed E-state index contributed by atoms with van der Waals surface area (Å²) in [7, 11) is 0. The second-order valence-corrected chi connectivity index (χ2v) is 5.74. The monoisotopic (exact) mass is 308 g/mol. The fraction of sp³-hybridized carbons (Fsp3) is 0.929. The molecule has 2 rings (SSSR count). The van der Waals surface area contributed by atoms with E-state index in [9.17, 15) is 18.0 Å². The number of hydrogen-bond acceptors (Lipinski definition) is 3. The van der Waals surface area contributed by atoms with Gasteiger partial charge in [0.15, 0.2) is 0 Å². The summed E-state index contributed by atoms with van der Waals surface area (Å²) in [6.45, 7) is 2.90. The second kappa shape index (κ2) is 6.96. The molecule has 0 bridgehead atoms. The third-order valence-electron chi connectivity index (χ3n) is 4.38. The predicted molar refractivity (Wildman–Crippen MR) is 71.9 cm³/mol. The third kappa shape index (κ3) is 4.32. The van der Waals surface area contributed by atoms with Gasteiger partial charge >= 0.3 is 6.18 Å². The second-order valence-electron chi connectivity index (χ2n) is 5.74. The summed E-state index contributed by atoms with van der Waals surface area (Å²) in [6, 6.07) is 0.485. The summed E-state index contributed by atoms with van der Waals surface area (Å²) >= 11 is 0. The number of carbonyl (C=O) groups is 1. The molecule has 2 unspecified atom stereocenters. The van der Waals surface area contributed by atoms with Gasteiger partial charge in [-0.05, 0) is 38.8 Å². The molecule has 0 aromatic heterocycles. The molecule has 0 N–H and O–H groups in total. The van der Waals surface area contributed by atoms with Crippen molar-refractivity contribution in [2.75, 3.05) is 32.8 Å². The average Bonchev–Trinajstić information content (AvgIpc) is 3.05. The number of likely N-dealkylation sites (N-methyl/N-ethyl adjacent to an activating group) is 1. The van der Waals surface area contributed by atoms with Gasteiger partial charge in [-0.1, -0.05) is 6.92 Å². The lowest BCUT2D eigenvalue weighted by Gasteiger charge is -2.34. The fourth-order valence-electron chi connectivity index (χ4n) is 3.52. The van der Waals surface area contributed by atoms with E-state index in [2.05, 4.69) is 16.6 Å². The number of carbonyl (C=O) groups excluding carboxylic acids is 1. The van der Waals surface area contributed by atoms with E-state index in [1.54, 1.807) is 4.90 Å². The Morgan fingerprint density at radius 2 is 1.86 bits per heavy atom. The molecule has 7 heteroatoms. The van der Waals surface area contributed by atoms with E-state index in [4.69, 9.17) is 0 Å². The summed E-state index contributed by atoms with van der Waals surface area (Å²) in [5, 5.41) is 0. The van der Waals surface area contributed by atoms with Gasteiger partial charge in [0, 0.05) is 18.6 Å². The number of hydrogen-bond donors (Lipinski definition) is 0. The van der Waals surface area contributed by atoms with Crippen LogP contribution >= 0.6 is 0 Å². The maximum absolute atomic E-state index is 12.1. The van der Waals surface area contributed by atoms with E-state index in [0.29, 0.717) is 12.6 Å². The van der Waals surface area contributed by atoms with Crippen molar-refractivity contribution in [3.63, 3.8) is 0 Å².